The Kier molecular flexibility index (Phi) is 5.70. The number of piperidine rings is 1. The lowest BCUT2D eigenvalue weighted by molar-refractivity contribution is -0.127. The van der Waals surface area contributed by atoms with E-state index in [0.717, 1.165) is 42.9 Å². The van der Waals surface area contributed by atoms with Crippen LogP contribution < -0.4 is 5.32 Å². The van der Waals surface area contributed by atoms with Gasteiger partial charge in [-0.25, -0.2) is 0 Å². The Morgan fingerprint density at radius 3 is 2.81 bits per heavy atom. The fourth-order valence-electron chi connectivity index (χ4n) is 2.28. The maximum absolute atomic E-state index is 12.3. The van der Waals surface area contributed by atoms with Crippen molar-refractivity contribution in [2.45, 2.75) is 24.2 Å². The van der Waals surface area contributed by atoms with Crippen molar-refractivity contribution in [2.75, 3.05) is 24.7 Å². The van der Waals surface area contributed by atoms with Crippen molar-refractivity contribution >= 4 is 23.4 Å². The molecule has 0 aromatic heterocycles. The number of thioether (sulfide) groups is 1. The monoisotopic (exact) mass is 301 g/mol. The highest BCUT2D eigenvalue weighted by molar-refractivity contribution is 7.98. The van der Waals surface area contributed by atoms with E-state index in [1.54, 1.807) is 16.7 Å². The van der Waals surface area contributed by atoms with Crippen LogP contribution in [0.25, 0.3) is 0 Å². The molecule has 1 aliphatic rings. The molecule has 1 amide bonds. The normalized spacial score (nSPS) is 15.4. The smallest absolute Gasteiger partial charge is 0.266 e. The molecule has 1 aliphatic heterocycles. The molecule has 1 heterocycles. The maximum atomic E-state index is 12.3. The molecule has 110 valence electrons. The van der Waals surface area contributed by atoms with Gasteiger partial charge in [-0.2, -0.15) is 5.26 Å². The number of nitrogens with zero attached hydrogens (tertiary/aromatic N) is 2. The Hall–Kier alpha value is -1.93. The predicted molar refractivity (Wildman–Crippen MR) is 86.0 cm³/mol. The van der Waals surface area contributed by atoms with E-state index in [-0.39, 0.29) is 11.5 Å². The number of hydrogen-bond acceptors (Lipinski definition) is 4. The van der Waals surface area contributed by atoms with Crippen molar-refractivity contribution in [3.05, 3.63) is 36.0 Å². The SMILES string of the molecule is CSc1cccc(N/C=C(/C#N)C(=O)N2CCCCC2)c1. The lowest BCUT2D eigenvalue weighted by Gasteiger charge is -2.26. The van der Waals surface area contributed by atoms with Gasteiger partial charge in [-0.3, -0.25) is 4.79 Å². The number of likely N-dealkylation sites (tertiary alicyclic amines) is 1. The Balaban J connectivity index is 2.05. The quantitative estimate of drug-likeness (QED) is 0.527. The van der Waals surface area contributed by atoms with Gasteiger partial charge < -0.3 is 10.2 Å². The van der Waals surface area contributed by atoms with E-state index in [2.05, 4.69) is 5.32 Å². The Morgan fingerprint density at radius 1 is 1.38 bits per heavy atom. The van der Waals surface area contributed by atoms with Crippen molar-refractivity contribution in [2.24, 2.45) is 0 Å². The molecule has 1 saturated heterocycles. The van der Waals surface area contributed by atoms with Crippen LogP contribution in [0.5, 0.6) is 0 Å². The zero-order valence-corrected chi connectivity index (χ0v) is 12.9. The molecule has 0 unspecified atom stereocenters. The fraction of sp³-hybridized carbons (Fsp3) is 0.375. The van der Waals surface area contributed by atoms with Crippen LogP contribution in [0, 0.1) is 11.3 Å². The van der Waals surface area contributed by atoms with Gasteiger partial charge in [0.1, 0.15) is 11.6 Å². The van der Waals surface area contributed by atoms with E-state index >= 15 is 0 Å². The number of anilines is 1. The first-order valence-electron chi connectivity index (χ1n) is 7.04. The Bertz CT molecular complexity index is 571. The van der Waals surface area contributed by atoms with Gasteiger partial charge in [-0.05, 0) is 43.7 Å². The summed E-state index contributed by atoms with van der Waals surface area (Å²) in [7, 11) is 0. The van der Waals surface area contributed by atoms with Gasteiger partial charge >= 0.3 is 0 Å². The van der Waals surface area contributed by atoms with E-state index in [1.165, 1.54) is 6.20 Å². The number of benzene rings is 1. The number of rotatable bonds is 4. The summed E-state index contributed by atoms with van der Waals surface area (Å²) in [6.45, 7) is 1.50. The van der Waals surface area contributed by atoms with Gasteiger partial charge in [0.05, 0.1) is 0 Å². The third-order valence-electron chi connectivity index (χ3n) is 3.45. The molecule has 0 bridgehead atoms. The first-order valence-corrected chi connectivity index (χ1v) is 8.27. The number of amides is 1. The fourth-order valence-corrected chi connectivity index (χ4v) is 2.74. The van der Waals surface area contributed by atoms with Crippen molar-refractivity contribution < 1.29 is 4.79 Å². The standard InChI is InChI=1S/C16H19N3OS/c1-21-15-7-5-6-14(10-15)18-12-13(11-17)16(20)19-8-3-2-4-9-19/h5-7,10,12,18H,2-4,8-9H2,1H3/b13-12-. The van der Waals surface area contributed by atoms with Crippen LogP contribution in [-0.4, -0.2) is 30.2 Å². The number of carbonyl (C=O) groups excluding carboxylic acids is 1. The van der Waals surface area contributed by atoms with Crippen LogP contribution in [0.15, 0.2) is 40.9 Å². The lowest BCUT2D eigenvalue weighted by Crippen LogP contribution is -2.36. The molecule has 2 rings (SSSR count). The predicted octanol–water partition coefficient (Wildman–Crippen LogP) is 3.24. The van der Waals surface area contributed by atoms with Gasteiger partial charge in [0.15, 0.2) is 0 Å². The molecule has 1 N–H and O–H groups in total. The molecule has 0 atom stereocenters. The van der Waals surface area contributed by atoms with E-state index in [9.17, 15) is 10.1 Å². The highest BCUT2D eigenvalue weighted by Crippen LogP contribution is 2.19. The van der Waals surface area contributed by atoms with Crippen molar-refractivity contribution in [1.29, 1.82) is 5.26 Å². The number of nitrogens with one attached hydrogen (secondary N) is 1. The van der Waals surface area contributed by atoms with Gasteiger partial charge in [0.25, 0.3) is 5.91 Å². The minimum Gasteiger partial charge on any atom is -0.360 e. The Morgan fingerprint density at radius 2 is 2.14 bits per heavy atom. The molecule has 21 heavy (non-hydrogen) atoms. The molecular weight excluding hydrogens is 282 g/mol. The third-order valence-corrected chi connectivity index (χ3v) is 4.17. The molecular formula is C16H19N3OS. The van der Waals surface area contributed by atoms with Crippen LogP contribution in [0.2, 0.25) is 0 Å². The molecule has 0 saturated carbocycles. The number of carbonyl (C=O) groups is 1. The largest absolute Gasteiger partial charge is 0.360 e. The summed E-state index contributed by atoms with van der Waals surface area (Å²) in [5.74, 6) is -0.175. The topological polar surface area (TPSA) is 56.1 Å². The number of nitriles is 1. The molecule has 0 aliphatic carbocycles. The van der Waals surface area contributed by atoms with E-state index in [4.69, 9.17) is 0 Å². The third kappa shape index (κ3) is 4.27. The van der Waals surface area contributed by atoms with Crippen molar-refractivity contribution in [3.63, 3.8) is 0 Å². The number of hydrogen-bond donors (Lipinski definition) is 1. The van der Waals surface area contributed by atoms with Crippen LogP contribution in [-0.2, 0) is 4.79 Å². The van der Waals surface area contributed by atoms with Crippen LogP contribution in [0.3, 0.4) is 0 Å². The van der Waals surface area contributed by atoms with Gasteiger partial charge in [0.2, 0.25) is 0 Å². The minimum atomic E-state index is -0.175. The highest BCUT2D eigenvalue weighted by atomic mass is 32.2. The molecule has 4 nitrogen and oxygen atoms in total. The van der Waals surface area contributed by atoms with Crippen molar-refractivity contribution in [3.8, 4) is 6.07 Å². The summed E-state index contributed by atoms with van der Waals surface area (Å²) in [4.78, 5) is 15.2. The molecule has 5 heteroatoms. The molecule has 1 fully saturated rings. The van der Waals surface area contributed by atoms with Crippen LogP contribution in [0.4, 0.5) is 5.69 Å². The Labute approximate surface area is 129 Å². The molecule has 0 radical (unpaired) electrons. The summed E-state index contributed by atoms with van der Waals surface area (Å²) >= 11 is 1.65. The molecule has 0 spiro atoms. The molecule has 1 aromatic rings. The summed E-state index contributed by atoms with van der Waals surface area (Å²) in [5.41, 5.74) is 1.03. The zero-order chi connectivity index (χ0) is 15.1. The average molecular weight is 301 g/mol. The summed E-state index contributed by atoms with van der Waals surface area (Å²) < 4.78 is 0. The van der Waals surface area contributed by atoms with Crippen LogP contribution >= 0.6 is 11.8 Å². The highest BCUT2D eigenvalue weighted by Gasteiger charge is 2.20. The first-order chi connectivity index (χ1) is 10.2. The van der Waals surface area contributed by atoms with E-state index < -0.39 is 0 Å². The second-order valence-corrected chi connectivity index (χ2v) is 5.78. The maximum Gasteiger partial charge on any atom is 0.266 e. The zero-order valence-electron chi connectivity index (χ0n) is 12.1. The minimum absolute atomic E-state index is 0.159. The first kappa shape index (κ1) is 15.5. The van der Waals surface area contributed by atoms with E-state index in [0.29, 0.717) is 0 Å². The molecule has 1 aromatic carbocycles. The second kappa shape index (κ2) is 7.75. The summed E-state index contributed by atoms with van der Waals surface area (Å²) in [6.07, 6.45) is 6.72. The van der Waals surface area contributed by atoms with Gasteiger partial charge in [-0.15, -0.1) is 11.8 Å². The van der Waals surface area contributed by atoms with Crippen molar-refractivity contribution in [1.82, 2.24) is 4.90 Å². The van der Waals surface area contributed by atoms with E-state index in [1.807, 2.05) is 36.6 Å². The van der Waals surface area contributed by atoms with Gasteiger partial charge in [0, 0.05) is 29.9 Å². The summed E-state index contributed by atoms with van der Waals surface area (Å²) in [6, 6.07) is 9.86. The second-order valence-electron chi connectivity index (χ2n) is 4.90. The summed E-state index contributed by atoms with van der Waals surface area (Å²) in [5, 5.41) is 12.2. The lowest BCUT2D eigenvalue weighted by atomic mass is 10.1. The average Bonchev–Trinajstić information content (AvgIpc) is 2.56. The van der Waals surface area contributed by atoms with Crippen LogP contribution in [0.1, 0.15) is 19.3 Å². The van der Waals surface area contributed by atoms with Gasteiger partial charge in [-0.1, -0.05) is 6.07 Å².